The Bertz CT molecular complexity index is 1090. The molecule has 186 valence electrons. The third-order valence-electron chi connectivity index (χ3n) is 5.95. The van der Waals surface area contributed by atoms with Crippen molar-refractivity contribution < 1.29 is 37.0 Å². The van der Waals surface area contributed by atoms with Crippen LogP contribution in [0, 0.1) is 0 Å². The number of hydrogen-bond donors (Lipinski definition) is 2. The summed E-state index contributed by atoms with van der Waals surface area (Å²) in [6.07, 6.45) is -3.83. The first-order valence-corrected chi connectivity index (χ1v) is 11.0. The minimum absolute atomic E-state index is 0.0640. The maximum atomic E-state index is 13.3. The first kappa shape index (κ1) is 24.5. The van der Waals surface area contributed by atoms with Crippen molar-refractivity contribution in [2.24, 2.45) is 0 Å². The summed E-state index contributed by atoms with van der Waals surface area (Å²) in [4.78, 5) is 40.3. The maximum absolute atomic E-state index is 13.3. The molecule has 0 unspecified atom stereocenters. The zero-order valence-electron chi connectivity index (χ0n) is 18.8. The third kappa shape index (κ3) is 5.73. The van der Waals surface area contributed by atoms with E-state index in [-0.39, 0.29) is 24.8 Å². The number of ether oxygens (including phenoxy) is 2. The molecule has 2 aliphatic rings. The summed E-state index contributed by atoms with van der Waals surface area (Å²) >= 11 is 0. The van der Waals surface area contributed by atoms with Crippen molar-refractivity contribution >= 4 is 23.4 Å². The van der Waals surface area contributed by atoms with Crippen molar-refractivity contribution in [1.29, 1.82) is 0 Å². The van der Waals surface area contributed by atoms with Crippen LogP contribution in [0.5, 0.6) is 5.75 Å². The Kier molecular flexibility index (Phi) is 6.70. The molecular formula is C24H24F3N3O5. The first-order chi connectivity index (χ1) is 16.5. The lowest BCUT2D eigenvalue weighted by molar-refractivity contribution is -0.274. The van der Waals surface area contributed by atoms with Gasteiger partial charge in [-0.25, -0.2) is 0 Å². The van der Waals surface area contributed by atoms with Gasteiger partial charge in [0.25, 0.3) is 5.91 Å². The second-order valence-corrected chi connectivity index (χ2v) is 8.58. The molecule has 0 radical (unpaired) electrons. The van der Waals surface area contributed by atoms with Crippen LogP contribution in [-0.4, -0.2) is 53.4 Å². The normalized spacial score (nSPS) is 24.0. The molecule has 0 aromatic heterocycles. The number of morpholine rings is 1. The van der Waals surface area contributed by atoms with E-state index in [1.54, 1.807) is 12.1 Å². The van der Waals surface area contributed by atoms with E-state index < -0.39 is 41.6 Å². The Morgan fingerprint density at radius 3 is 2.46 bits per heavy atom. The van der Waals surface area contributed by atoms with E-state index in [9.17, 15) is 27.6 Å². The van der Waals surface area contributed by atoms with Crippen molar-refractivity contribution in [2.75, 3.05) is 11.9 Å². The molecule has 8 nitrogen and oxygen atoms in total. The molecule has 3 atom stereocenters. The highest BCUT2D eigenvalue weighted by Gasteiger charge is 2.52. The number of benzene rings is 2. The van der Waals surface area contributed by atoms with Crippen molar-refractivity contribution in [2.45, 2.75) is 50.4 Å². The van der Waals surface area contributed by atoms with Gasteiger partial charge in [-0.05, 0) is 49.6 Å². The van der Waals surface area contributed by atoms with Crippen LogP contribution in [0.2, 0.25) is 0 Å². The van der Waals surface area contributed by atoms with Gasteiger partial charge in [-0.1, -0.05) is 30.3 Å². The first-order valence-electron chi connectivity index (χ1n) is 11.0. The largest absolute Gasteiger partial charge is 0.573 e. The third-order valence-corrected chi connectivity index (χ3v) is 5.95. The number of hydrogen-bond acceptors (Lipinski definition) is 5. The highest BCUT2D eigenvalue weighted by molar-refractivity contribution is 6.00. The van der Waals surface area contributed by atoms with Crippen molar-refractivity contribution in [3.8, 4) is 5.75 Å². The molecule has 0 spiro atoms. The molecule has 2 aromatic rings. The van der Waals surface area contributed by atoms with Gasteiger partial charge in [0.15, 0.2) is 0 Å². The van der Waals surface area contributed by atoms with Crippen LogP contribution in [0.3, 0.4) is 0 Å². The molecule has 0 aliphatic carbocycles. The zero-order chi connectivity index (χ0) is 25.2. The van der Waals surface area contributed by atoms with Gasteiger partial charge in [-0.3, -0.25) is 14.4 Å². The predicted molar refractivity (Wildman–Crippen MR) is 118 cm³/mol. The highest BCUT2D eigenvalue weighted by atomic mass is 19.4. The van der Waals surface area contributed by atoms with Crippen LogP contribution in [0.4, 0.5) is 18.9 Å². The van der Waals surface area contributed by atoms with Gasteiger partial charge >= 0.3 is 6.36 Å². The Balaban J connectivity index is 1.41. The Morgan fingerprint density at radius 2 is 1.80 bits per heavy atom. The summed E-state index contributed by atoms with van der Waals surface area (Å²) in [7, 11) is 0. The molecular weight excluding hydrogens is 467 g/mol. The SMILES string of the molecule is C[C@@]1(NC(=O)Cc2ccccc2)OC[C@H]2CC[C@@H](C(=O)Nc3ccc(OC(F)(F)F)cc3)N2C1=O. The maximum Gasteiger partial charge on any atom is 0.573 e. The molecule has 35 heavy (non-hydrogen) atoms. The minimum Gasteiger partial charge on any atom is -0.406 e. The van der Waals surface area contributed by atoms with Gasteiger partial charge in [0.1, 0.15) is 11.8 Å². The second kappa shape index (κ2) is 9.57. The summed E-state index contributed by atoms with van der Waals surface area (Å²) in [6.45, 7) is 1.61. The van der Waals surface area contributed by atoms with Crippen LogP contribution >= 0.6 is 0 Å². The van der Waals surface area contributed by atoms with Gasteiger partial charge in [0.2, 0.25) is 17.5 Å². The lowest BCUT2D eigenvalue weighted by Gasteiger charge is -2.43. The Morgan fingerprint density at radius 1 is 1.11 bits per heavy atom. The van der Waals surface area contributed by atoms with E-state index in [0.29, 0.717) is 12.8 Å². The molecule has 2 fully saturated rings. The van der Waals surface area contributed by atoms with Gasteiger partial charge in [0, 0.05) is 5.69 Å². The molecule has 2 saturated heterocycles. The number of carbonyl (C=O) groups is 3. The monoisotopic (exact) mass is 491 g/mol. The van der Waals surface area contributed by atoms with E-state index in [2.05, 4.69) is 15.4 Å². The van der Waals surface area contributed by atoms with Gasteiger partial charge in [-0.15, -0.1) is 13.2 Å². The van der Waals surface area contributed by atoms with Crippen molar-refractivity contribution in [3.63, 3.8) is 0 Å². The number of nitrogens with one attached hydrogen (secondary N) is 2. The van der Waals surface area contributed by atoms with E-state index in [0.717, 1.165) is 17.7 Å². The molecule has 0 bridgehead atoms. The average molecular weight is 491 g/mol. The lowest BCUT2D eigenvalue weighted by Crippen LogP contribution is -2.67. The standard InChI is InChI=1S/C24H24F3N3O5/c1-23(29-20(31)13-15-5-3-2-4-6-15)22(33)30-17(14-34-23)9-12-19(30)21(32)28-16-7-10-18(11-8-16)35-24(25,26)27/h2-8,10-11,17,19H,9,12-14H2,1H3,(H,28,32)(H,29,31)/t17-,19+,23-/m1/s1. The Labute approximate surface area is 199 Å². The summed E-state index contributed by atoms with van der Waals surface area (Å²) in [5, 5.41) is 5.28. The number of fused-ring (bicyclic) bond motifs is 1. The van der Waals surface area contributed by atoms with E-state index >= 15 is 0 Å². The number of alkyl halides is 3. The smallest absolute Gasteiger partial charge is 0.406 e. The van der Waals surface area contributed by atoms with Crippen LogP contribution < -0.4 is 15.4 Å². The van der Waals surface area contributed by atoms with Gasteiger partial charge in [-0.2, -0.15) is 0 Å². The molecule has 11 heteroatoms. The second-order valence-electron chi connectivity index (χ2n) is 8.58. The molecule has 2 aliphatic heterocycles. The van der Waals surface area contributed by atoms with Crippen LogP contribution in [0.15, 0.2) is 54.6 Å². The minimum atomic E-state index is -4.82. The summed E-state index contributed by atoms with van der Waals surface area (Å²) in [6, 6.07) is 12.6. The number of anilines is 1. The van der Waals surface area contributed by atoms with Crippen molar-refractivity contribution in [1.82, 2.24) is 10.2 Å². The fourth-order valence-electron chi connectivity index (χ4n) is 4.33. The molecule has 2 N–H and O–H groups in total. The molecule has 3 amide bonds. The fourth-order valence-corrected chi connectivity index (χ4v) is 4.33. The van der Waals surface area contributed by atoms with E-state index in [1.165, 1.54) is 24.0 Å². The van der Waals surface area contributed by atoms with E-state index in [4.69, 9.17) is 4.74 Å². The molecule has 2 heterocycles. The number of halogens is 3. The number of nitrogens with zero attached hydrogens (tertiary/aromatic N) is 1. The summed E-state index contributed by atoms with van der Waals surface area (Å²) in [5.74, 6) is -1.82. The topological polar surface area (TPSA) is 97.0 Å². The fraction of sp³-hybridized carbons (Fsp3) is 0.375. The highest BCUT2D eigenvalue weighted by Crippen LogP contribution is 2.33. The molecule has 0 saturated carbocycles. The van der Waals surface area contributed by atoms with Crippen molar-refractivity contribution in [3.05, 3.63) is 60.2 Å². The molecule has 4 rings (SSSR count). The van der Waals surface area contributed by atoms with Gasteiger partial charge < -0.3 is 25.0 Å². The average Bonchev–Trinajstić information content (AvgIpc) is 3.22. The predicted octanol–water partition coefficient (Wildman–Crippen LogP) is 2.99. The summed E-state index contributed by atoms with van der Waals surface area (Å²) in [5.41, 5.74) is -0.589. The Hall–Kier alpha value is -3.60. The quantitative estimate of drug-likeness (QED) is 0.648. The van der Waals surface area contributed by atoms with Gasteiger partial charge in [0.05, 0.1) is 19.1 Å². The lowest BCUT2D eigenvalue weighted by atomic mass is 10.1. The van der Waals surface area contributed by atoms with Crippen LogP contribution in [0.1, 0.15) is 25.3 Å². The van der Waals surface area contributed by atoms with E-state index in [1.807, 2.05) is 18.2 Å². The number of carbonyl (C=O) groups excluding carboxylic acids is 3. The zero-order valence-corrected chi connectivity index (χ0v) is 18.8. The van der Waals surface area contributed by atoms with Crippen LogP contribution in [-0.2, 0) is 25.5 Å². The summed E-state index contributed by atoms with van der Waals surface area (Å²) < 4.78 is 46.6. The molecule has 2 aromatic carbocycles. The number of rotatable bonds is 6. The van der Waals surface area contributed by atoms with Crippen LogP contribution in [0.25, 0.3) is 0 Å². The number of amides is 3.